The Balaban J connectivity index is 2.42. The molecular weight excluding hydrogens is 361 g/mol. The van der Waals surface area contributed by atoms with E-state index in [1.807, 2.05) is 0 Å². The molecule has 0 saturated carbocycles. The zero-order valence-corrected chi connectivity index (χ0v) is 14.6. The molecule has 0 aliphatic carbocycles. The first-order chi connectivity index (χ1) is 10.7. The Morgan fingerprint density at radius 2 is 2.13 bits per heavy atom. The summed E-state index contributed by atoms with van der Waals surface area (Å²) >= 11 is 12.0. The van der Waals surface area contributed by atoms with E-state index in [2.05, 4.69) is 0 Å². The quantitative estimate of drug-likeness (QED) is 0.642. The van der Waals surface area contributed by atoms with Crippen LogP contribution in [0, 0.1) is 11.7 Å². The molecule has 122 valence electrons. The van der Waals surface area contributed by atoms with Gasteiger partial charge >= 0.3 is 5.97 Å². The Bertz CT molecular complexity index is 700. The average molecular weight is 374 g/mol. The highest BCUT2D eigenvalue weighted by Crippen LogP contribution is 2.36. The predicted octanol–water partition coefficient (Wildman–Crippen LogP) is 3.79. The van der Waals surface area contributed by atoms with Crippen molar-refractivity contribution >= 4 is 57.9 Å². The van der Waals surface area contributed by atoms with Gasteiger partial charge in [-0.25, -0.2) is 9.18 Å². The number of thioether (sulfide) groups is 1. The number of rotatable bonds is 4. The van der Waals surface area contributed by atoms with Crippen molar-refractivity contribution in [2.24, 2.45) is 5.92 Å². The summed E-state index contributed by atoms with van der Waals surface area (Å²) in [7, 11) is 0. The number of thiocarbonyl (C=S) groups is 1. The van der Waals surface area contributed by atoms with Crippen LogP contribution in [0.25, 0.3) is 6.08 Å². The van der Waals surface area contributed by atoms with Crippen LogP contribution >= 0.6 is 35.6 Å². The number of nitrogens with zero attached hydrogens (tertiary/aromatic N) is 1. The largest absolute Gasteiger partial charge is 0.480 e. The van der Waals surface area contributed by atoms with Crippen LogP contribution in [-0.4, -0.2) is 32.2 Å². The van der Waals surface area contributed by atoms with Gasteiger partial charge in [-0.3, -0.25) is 9.69 Å². The van der Waals surface area contributed by atoms with Gasteiger partial charge in [0, 0.05) is 5.56 Å². The van der Waals surface area contributed by atoms with E-state index < -0.39 is 23.7 Å². The third-order valence-electron chi connectivity index (χ3n) is 3.26. The Kier molecular flexibility index (Phi) is 5.44. The van der Waals surface area contributed by atoms with Gasteiger partial charge < -0.3 is 5.11 Å². The molecule has 2 rings (SSSR count). The topological polar surface area (TPSA) is 57.6 Å². The smallest absolute Gasteiger partial charge is 0.327 e. The van der Waals surface area contributed by atoms with E-state index in [4.69, 9.17) is 23.8 Å². The minimum absolute atomic E-state index is 0.0751. The molecule has 4 nitrogen and oxygen atoms in total. The van der Waals surface area contributed by atoms with Crippen LogP contribution in [0.1, 0.15) is 19.4 Å². The number of halogens is 2. The van der Waals surface area contributed by atoms with Gasteiger partial charge in [0.05, 0.1) is 9.93 Å². The zero-order chi connectivity index (χ0) is 17.3. The van der Waals surface area contributed by atoms with Gasteiger partial charge in [-0.1, -0.05) is 55.5 Å². The number of hydrogen-bond acceptors (Lipinski definition) is 4. The second kappa shape index (κ2) is 6.98. The molecule has 1 aromatic carbocycles. The summed E-state index contributed by atoms with van der Waals surface area (Å²) in [6.07, 6.45) is 1.30. The van der Waals surface area contributed by atoms with Crippen molar-refractivity contribution in [2.75, 3.05) is 0 Å². The number of amides is 1. The molecule has 1 atom stereocenters. The SMILES string of the molecule is CC(C)[C@H](C(=O)O)N1C(=O)/C(=C/c2c(F)cccc2Cl)SC1=S. The highest BCUT2D eigenvalue weighted by atomic mass is 35.5. The Morgan fingerprint density at radius 1 is 1.48 bits per heavy atom. The van der Waals surface area contributed by atoms with Crippen molar-refractivity contribution < 1.29 is 19.1 Å². The van der Waals surface area contributed by atoms with Gasteiger partial charge in [-0.15, -0.1) is 0 Å². The van der Waals surface area contributed by atoms with Crippen LogP contribution in [0.4, 0.5) is 4.39 Å². The van der Waals surface area contributed by atoms with E-state index in [0.29, 0.717) is 0 Å². The lowest BCUT2D eigenvalue weighted by Crippen LogP contribution is -2.47. The Labute approximate surface area is 147 Å². The fourth-order valence-electron chi connectivity index (χ4n) is 2.19. The molecule has 0 spiro atoms. The first-order valence-electron chi connectivity index (χ1n) is 6.68. The van der Waals surface area contributed by atoms with Gasteiger partial charge in [0.1, 0.15) is 16.2 Å². The Morgan fingerprint density at radius 3 is 2.65 bits per heavy atom. The molecule has 1 aliphatic rings. The summed E-state index contributed by atoms with van der Waals surface area (Å²) < 4.78 is 14.0. The van der Waals surface area contributed by atoms with E-state index in [-0.39, 0.29) is 25.7 Å². The lowest BCUT2D eigenvalue weighted by molar-refractivity contribution is -0.146. The van der Waals surface area contributed by atoms with E-state index in [1.165, 1.54) is 24.3 Å². The predicted molar refractivity (Wildman–Crippen MR) is 92.7 cm³/mol. The van der Waals surface area contributed by atoms with E-state index >= 15 is 0 Å². The summed E-state index contributed by atoms with van der Waals surface area (Å²) in [5.74, 6) is -2.59. The highest BCUT2D eigenvalue weighted by Gasteiger charge is 2.42. The van der Waals surface area contributed by atoms with Crippen LogP contribution < -0.4 is 0 Å². The van der Waals surface area contributed by atoms with Crippen molar-refractivity contribution in [1.29, 1.82) is 0 Å². The van der Waals surface area contributed by atoms with Gasteiger partial charge in [0.2, 0.25) is 0 Å². The second-order valence-electron chi connectivity index (χ2n) is 5.21. The van der Waals surface area contributed by atoms with Crippen molar-refractivity contribution in [1.82, 2.24) is 4.90 Å². The normalized spacial score (nSPS) is 18.1. The number of carbonyl (C=O) groups excluding carboxylic acids is 1. The molecule has 8 heteroatoms. The van der Waals surface area contributed by atoms with Gasteiger partial charge in [-0.2, -0.15) is 0 Å². The summed E-state index contributed by atoms with van der Waals surface area (Å²) in [6, 6.07) is 3.13. The van der Waals surface area contributed by atoms with Crippen LogP contribution in [0.5, 0.6) is 0 Å². The van der Waals surface area contributed by atoms with E-state index in [0.717, 1.165) is 16.7 Å². The van der Waals surface area contributed by atoms with E-state index in [1.54, 1.807) is 13.8 Å². The maximum atomic E-state index is 13.9. The summed E-state index contributed by atoms with van der Waals surface area (Å²) in [5, 5.41) is 9.50. The highest BCUT2D eigenvalue weighted by molar-refractivity contribution is 8.26. The van der Waals surface area contributed by atoms with Crippen molar-refractivity contribution in [3.05, 3.63) is 39.5 Å². The minimum Gasteiger partial charge on any atom is -0.480 e. The van der Waals surface area contributed by atoms with Crippen LogP contribution in [0.3, 0.4) is 0 Å². The molecule has 0 radical (unpaired) electrons. The molecule has 1 amide bonds. The number of benzene rings is 1. The molecule has 1 N–H and O–H groups in total. The average Bonchev–Trinajstić information content (AvgIpc) is 2.70. The molecule has 0 bridgehead atoms. The zero-order valence-electron chi connectivity index (χ0n) is 12.2. The number of aliphatic carboxylic acids is 1. The van der Waals surface area contributed by atoms with Crippen LogP contribution in [0.2, 0.25) is 5.02 Å². The molecule has 23 heavy (non-hydrogen) atoms. The molecule has 0 aromatic heterocycles. The fourth-order valence-corrected chi connectivity index (χ4v) is 3.72. The maximum Gasteiger partial charge on any atom is 0.327 e. The standard InChI is InChI=1S/C15H13ClFNO3S2/c1-7(2)12(14(20)21)18-13(19)11(23-15(18)22)6-8-9(16)4-3-5-10(8)17/h3-7,12H,1-2H3,(H,20,21)/b11-6-/t12-/m1/s1. The van der Waals surface area contributed by atoms with Gasteiger partial charge in [0.25, 0.3) is 5.91 Å². The molecule has 1 saturated heterocycles. The van der Waals surface area contributed by atoms with Crippen molar-refractivity contribution in [3.63, 3.8) is 0 Å². The molecule has 1 aromatic rings. The lowest BCUT2D eigenvalue weighted by Gasteiger charge is -2.26. The summed E-state index contributed by atoms with van der Waals surface area (Å²) in [6.45, 7) is 3.38. The van der Waals surface area contributed by atoms with Crippen molar-refractivity contribution in [2.45, 2.75) is 19.9 Å². The number of carboxylic acid groups (broad SMARTS) is 1. The third kappa shape index (κ3) is 3.57. The number of carbonyl (C=O) groups is 2. The second-order valence-corrected chi connectivity index (χ2v) is 7.30. The van der Waals surface area contributed by atoms with Crippen molar-refractivity contribution in [3.8, 4) is 0 Å². The molecule has 1 heterocycles. The first-order valence-corrected chi connectivity index (χ1v) is 8.28. The maximum absolute atomic E-state index is 13.9. The molecule has 1 aliphatic heterocycles. The van der Waals surface area contributed by atoms with Crippen LogP contribution in [0.15, 0.2) is 23.1 Å². The van der Waals surface area contributed by atoms with E-state index in [9.17, 15) is 19.1 Å². The lowest BCUT2D eigenvalue weighted by atomic mass is 10.0. The summed E-state index contributed by atoms with van der Waals surface area (Å²) in [5.41, 5.74) is 0.0751. The third-order valence-corrected chi connectivity index (χ3v) is 4.92. The first kappa shape index (κ1) is 17.9. The van der Waals surface area contributed by atoms with Crippen LogP contribution in [-0.2, 0) is 9.59 Å². The summed E-state index contributed by atoms with van der Waals surface area (Å²) in [4.78, 5) is 25.2. The number of hydrogen-bond donors (Lipinski definition) is 1. The monoisotopic (exact) mass is 373 g/mol. The van der Waals surface area contributed by atoms with Gasteiger partial charge in [-0.05, 0) is 24.1 Å². The molecule has 0 unspecified atom stereocenters. The molecular formula is C15H13ClFNO3S2. The minimum atomic E-state index is -1.14. The Hall–Kier alpha value is -1.44. The fraction of sp³-hybridized carbons (Fsp3) is 0.267. The number of carboxylic acids is 1. The van der Waals surface area contributed by atoms with Gasteiger partial charge in [0.15, 0.2) is 0 Å². The molecule has 1 fully saturated rings.